The van der Waals surface area contributed by atoms with E-state index < -0.39 is 5.97 Å². The molecule has 0 radical (unpaired) electrons. The molecule has 0 aromatic heterocycles. The Morgan fingerprint density at radius 3 is 2.62 bits per heavy atom. The summed E-state index contributed by atoms with van der Waals surface area (Å²) in [5.74, 6) is -0.790. The maximum Gasteiger partial charge on any atom is 0.317 e. The van der Waals surface area contributed by atoms with Crippen LogP contribution in [0, 0.1) is 5.92 Å². The van der Waals surface area contributed by atoms with Crippen molar-refractivity contribution in [3.63, 3.8) is 0 Å². The number of hydrogen-bond donors (Lipinski definition) is 2. The number of rotatable bonds is 7. The Morgan fingerprint density at radius 1 is 1.43 bits per heavy atom. The third-order valence-electron chi connectivity index (χ3n) is 4.24. The number of carbonyl (C=O) groups is 2. The number of carboxylic acid groups (broad SMARTS) is 1. The summed E-state index contributed by atoms with van der Waals surface area (Å²) < 4.78 is 0. The molecule has 0 aliphatic carbocycles. The number of amides is 2. The lowest BCUT2D eigenvalue weighted by atomic mass is 10.0. The summed E-state index contributed by atoms with van der Waals surface area (Å²) in [6.07, 6.45) is 2.26. The number of carboxylic acids is 1. The molecule has 2 amide bonds. The van der Waals surface area contributed by atoms with Crippen LogP contribution in [0.3, 0.4) is 0 Å². The Balaban J connectivity index is 2.50. The summed E-state index contributed by atoms with van der Waals surface area (Å²) >= 11 is 0. The molecule has 1 heterocycles. The topological polar surface area (TPSA) is 72.9 Å². The van der Waals surface area contributed by atoms with Crippen LogP contribution < -0.4 is 5.32 Å². The van der Waals surface area contributed by atoms with Crippen molar-refractivity contribution >= 4 is 12.0 Å². The van der Waals surface area contributed by atoms with Gasteiger partial charge >= 0.3 is 12.0 Å². The lowest BCUT2D eigenvalue weighted by molar-refractivity contribution is -0.137. The Morgan fingerprint density at radius 2 is 2.10 bits per heavy atom. The largest absolute Gasteiger partial charge is 0.481 e. The van der Waals surface area contributed by atoms with Gasteiger partial charge in [-0.3, -0.25) is 9.69 Å². The number of likely N-dealkylation sites (N-methyl/N-ethyl adjacent to an activating group) is 2. The molecule has 122 valence electrons. The number of likely N-dealkylation sites (tertiary alicyclic amines) is 1. The van der Waals surface area contributed by atoms with E-state index >= 15 is 0 Å². The lowest BCUT2D eigenvalue weighted by Crippen LogP contribution is -2.49. The SMILES string of the molecule is CCN1CCCC1CN(C)C(=O)NC(CC(=O)O)C(C)C. The minimum Gasteiger partial charge on any atom is -0.481 e. The first kappa shape index (κ1) is 17.8. The standard InChI is InChI=1S/C15H29N3O3/c1-5-18-8-6-7-12(18)10-17(4)15(21)16-13(11(2)3)9-14(19)20/h11-13H,5-10H2,1-4H3,(H,16,21)(H,19,20). The lowest BCUT2D eigenvalue weighted by Gasteiger charge is -2.30. The van der Waals surface area contributed by atoms with Crippen molar-refractivity contribution in [3.05, 3.63) is 0 Å². The summed E-state index contributed by atoms with van der Waals surface area (Å²) in [7, 11) is 1.78. The molecule has 2 N–H and O–H groups in total. The van der Waals surface area contributed by atoms with Gasteiger partial charge < -0.3 is 15.3 Å². The van der Waals surface area contributed by atoms with Crippen molar-refractivity contribution in [2.24, 2.45) is 5.92 Å². The Labute approximate surface area is 127 Å². The first-order valence-corrected chi connectivity index (χ1v) is 7.82. The van der Waals surface area contributed by atoms with Gasteiger partial charge in [-0.15, -0.1) is 0 Å². The Kier molecular flexibility index (Phi) is 6.95. The van der Waals surface area contributed by atoms with E-state index in [-0.39, 0.29) is 24.4 Å². The van der Waals surface area contributed by atoms with Crippen molar-refractivity contribution < 1.29 is 14.7 Å². The maximum atomic E-state index is 12.2. The predicted molar refractivity (Wildman–Crippen MR) is 82.3 cm³/mol. The highest BCUT2D eigenvalue weighted by Gasteiger charge is 2.27. The van der Waals surface area contributed by atoms with Crippen molar-refractivity contribution in [2.45, 2.75) is 52.1 Å². The van der Waals surface area contributed by atoms with Gasteiger partial charge in [0.05, 0.1) is 6.42 Å². The van der Waals surface area contributed by atoms with E-state index in [0.29, 0.717) is 12.6 Å². The van der Waals surface area contributed by atoms with E-state index in [4.69, 9.17) is 5.11 Å². The average molecular weight is 299 g/mol. The van der Waals surface area contributed by atoms with Gasteiger partial charge in [-0.05, 0) is 31.8 Å². The van der Waals surface area contributed by atoms with Gasteiger partial charge in [-0.2, -0.15) is 0 Å². The number of urea groups is 1. The van der Waals surface area contributed by atoms with Crippen LogP contribution in [-0.2, 0) is 4.79 Å². The fourth-order valence-electron chi connectivity index (χ4n) is 2.83. The molecule has 0 aromatic carbocycles. The first-order chi connectivity index (χ1) is 9.85. The van der Waals surface area contributed by atoms with Crippen molar-refractivity contribution in [1.82, 2.24) is 15.1 Å². The predicted octanol–water partition coefficient (Wildman–Crippen LogP) is 1.61. The summed E-state index contributed by atoms with van der Waals surface area (Å²) in [4.78, 5) is 27.1. The average Bonchev–Trinajstić information content (AvgIpc) is 2.84. The van der Waals surface area contributed by atoms with Crippen molar-refractivity contribution in [2.75, 3.05) is 26.7 Å². The smallest absolute Gasteiger partial charge is 0.317 e. The van der Waals surface area contributed by atoms with Gasteiger partial charge in [0.1, 0.15) is 0 Å². The van der Waals surface area contributed by atoms with E-state index in [9.17, 15) is 9.59 Å². The minimum atomic E-state index is -0.885. The van der Waals surface area contributed by atoms with E-state index in [0.717, 1.165) is 19.5 Å². The number of nitrogens with zero attached hydrogens (tertiary/aromatic N) is 2. The molecule has 0 saturated carbocycles. The normalized spacial score (nSPS) is 20.5. The highest BCUT2D eigenvalue weighted by molar-refractivity contribution is 5.75. The number of hydrogen-bond acceptors (Lipinski definition) is 3. The summed E-state index contributed by atoms with van der Waals surface area (Å²) in [5, 5.41) is 11.8. The van der Waals surface area contributed by atoms with Crippen molar-refractivity contribution in [1.29, 1.82) is 0 Å². The highest BCUT2D eigenvalue weighted by atomic mass is 16.4. The van der Waals surface area contributed by atoms with Crippen LogP contribution in [0.1, 0.15) is 40.0 Å². The molecular weight excluding hydrogens is 270 g/mol. The van der Waals surface area contributed by atoms with Crippen LogP contribution in [0.5, 0.6) is 0 Å². The fourth-order valence-corrected chi connectivity index (χ4v) is 2.83. The zero-order valence-electron chi connectivity index (χ0n) is 13.6. The monoisotopic (exact) mass is 299 g/mol. The van der Waals surface area contributed by atoms with Crippen LogP contribution >= 0.6 is 0 Å². The second-order valence-corrected chi connectivity index (χ2v) is 6.20. The van der Waals surface area contributed by atoms with E-state index in [1.807, 2.05) is 13.8 Å². The van der Waals surface area contributed by atoms with Crippen LogP contribution in [0.4, 0.5) is 4.79 Å². The number of nitrogens with one attached hydrogen (secondary N) is 1. The third kappa shape index (κ3) is 5.53. The molecule has 0 spiro atoms. The van der Waals surface area contributed by atoms with Gasteiger partial charge in [0.2, 0.25) is 0 Å². The molecule has 1 fully saturated rings. The van der Waals surface area contributed by atoms with Crippen LogP contribution in [0.15, 0.2) is 0 Å². The molecule has 6 heteroatoms. The molecule has 6 nitrogen and oxygen atoms in total. The quantitative estimate of drug-likeness (QED) is 0.749. The summed E-state index contributed by atoms with van der Waals surface area (Å²) in [6.45, 7) is 8.78. The molecule has 0 bridgehead atoms. The van der Waals surface area contributed by atoms with E-state index in [1.54, 1.807) is 11.9 Å². The number of aliphatic carboxylic acids is 1. The molecule has 1 saturated heterocycles. The minimum absolute atomic E-state index is 0.0399. The molecule has 0 aromatic rings. The van der Waals surface area contributed by atoms with E-state index in [2.05, 4.69) is 17.1 Å². The summed E-state index contributed by atoms with van der Waals surface area (Å²) in [6, 6.07) is -0.0936. The van der Waals surface area contributed by atoms with Gasteiger partial charge in [0, 0.05) is 25.7 Å². The second-order valence-electron chi connectivity index (χ2n) is 6.20. The maximum absolute atomic E-state index is 12.2. The Hall–Kier alpha value is -1.30. The molecule has 1 aliphatic heterocycles. The highest BCUT2D eigenvalue weighted by Crippen LogP contribution is 2.17. The molecule has 1 aliphatic rings. The molecule has 2 unspecified atom stereocenters. The number of carbonyl (C=O) groups excluding carboxylic acids is 1. The van der Waals surface area contributed by atoms with Crippen LogP contribution in [-0.4, -0.2) is 65.7 Å². The van der Waals surface area contributed by atoms with Gasteiger partial charge in [0.25, 0.3) is 0 Å². The van der Waals surface area contributed by atoms with Crippen molar-refractivity contribution in [3.8, 4) is 0 Å². The summed E-state index contributed by atoms with van der Waals surface area (Å²) in [5.41, 5.74) is 0. The van der Waals surface area contributed by atoms with Crippen LogP contribution in [0.25, 0.3) is 0 Å². The van der Waals surface area contributed by atoms with Gasteiger partial charge in [-0.1, -0.05) is 20.8 Å². The van der Waals surface area contributed by atoms with Gasteiger partial charge in [0.15, 0.2) is 0 Å². The zero-order chi connectivity index (χ0) is 16.0. The molecule has 2 atom stereocenters. The Bertz CT molecular complexity index is 360. The third-order valence-corrected chi connectivity index (χ3v) is 4.24. The molecular formula is C15H29N3O3. The zero-order valence-corrected chi connectivity index (χ0v) is 13.6. The van der Waals surface area contributed by atoms with Gasteiger partial charge in [-0.25, -0.2) is 4.79 Å². The van der Waals surface area contributed by atoms with Crippen LogP contribution in [0.2, 0.25) is 0 Å². The second kappa shape index (κ2) is 8.22. The van der Waals surface area contributed by atoms with E-state index in [1.165, 1.54) is 6.42 Å². The fraction of sp³-hybridized carbons (Fsp3) is 0.867. The molecule has 21 heavy (non-hydrogen) atoms. The first-order valence-electron chi connectivity index (χ1n) is 7.82. The molecule has 1 rings (SSSR count).